The number of aryl methyl sites for hydroxylation is 1. The molecule has 0 aromatic heterocycles. The van der Waals surface area contributed by atoms with Gasteiger partial charge in [0.15, 0.2) is 0 Å². The van der Waals surface area contributed by atoms with E-state index < -0.39 is 0 Å². The molecule has 0 spiro atoms. The number of urea groups is 1. The number of piperazine rings is 1. The van der Waals surface area contributed by atoms with E-state index in [1.54, 1.807) is 11.8 Å². The summed E-state index contributed by atoms with van der Waals surface area (Å²) in [5.41, 5.74) is 2.47. The fourth-order valence-electron chi connectivity index (χ4n) is 3.69. The van der Waals surface area contributed by atoms with Crippen molar-refractivity contribution in [1.82, 2.24) is 20.0 Å². The van der Waals surface area contributed by atoms with Crippen LogP contribution in [0.25, 0.3) is 0 Å². The van der Waals surface area contributed by atoms with Crippen molar-refractivity contribution in [3.8, 4) is 0 Å². The number of rotatable bonds is 5. The number of amides is 3. The van der Waals surface area contributed by atoms with Crippen LogP contribution < -0.4 is 5.32 Å². The van der Waals surface area contributed by atoms with Crippen LogP contribution in [-0.2, 0) is 4.79 Å². The minimum absolute atomic E-state index is 0.00388. The zero-order valence-electron chi connectivity index (χ0n) is 16.5. The molecule has 1 N–H and O–H groups in total. The summed E-state index contributed by atoms with van der Waals surface area (Å²) in [5.74, 6) is 0.231. The second-order valence-electron chi connectivity index (χ2n) is 7.18. The van der Waals surface area contributed by atoms with Gasteiger partial charge in [-0.25, -0.2) is 4.79 Å². The molecule has 6 nitrogen and oxygen atoms in total. The van der Waals surface area contributed by atoms with Crippen molar-refractivity contribution >= 4 is 23.7 Å². The monoisotopic (exact) mass is 390 g/mol. The van der Waals surface area contributed by atoms with Gasteiger partial charge in [0.25, 0.3) is 0 Å². The van der Waals surface area contributed by atoms with E-state index in [0.717, 1.165) is 39.3 Å². The van der Waals surface area contributed by atoms with Crippen molar-refractivity contribution in [2.45, 2.75) is 31.4 Å². The Balaban J connectivity index is 1.57. The number of carbonyl (C=O) groups is 2. The summed E-state index contributed by atoms with van der Waals surface area (Å²) in [6.45, 7) is 11.5. The summed E-state index contributed by atoms with van der Waals surface area (Å²) in [5, 5.41) is 2.97. The molecule has 2 aliphatic rings. The second-order valence-corrected chi connectivity index (χ2v) is 8.61. The largest absolute Gasteiger partial charge is 0.338 e. The summed E-state index contributed by atoms with van der Waals surface area (Å²) in [6, 6.07) is 8.37. The minimum atomic E-state index is 0.00388. The van der Waals surface area contributed by atoms with Gasteiger partial charge in [-0.15, -0.1) is 11.8 Å². The lowest BCUT2D eigenvalue weighted by Crippen LogP contribution is -2.53. The maximum absolute atomic E-state index is 12.7. The quantitative estimate of drug-likeness (QED) is 0.838. The Bertz CT molecular complexity index is 676. The van der Waals surface area contributed by atoms with Crippen LogP contribution in [0.2, 0.25) is 0 Å². The zero-order chi connectivity index (χ0) is 19.4. The fourth-order valence-corrected chi connectivity index (χ4v) is 5.10. The maximum Gasteiger partial charge on any atom is 0.317 e. The molecule has 0 radical (unpaired) electrons. The van der Waals surface area contributed by atoms with Crippen LogP contribution in [0, 0.1) is 6.92 Å². The third-order valence-electron chi connectivity index (χ3n) is 5.35. The van der Waals surface area contributed by atoms with Gasteiger partial charge in [0.05, 0.1) is 5.25 Å². The number of hydrogen-bond donors (Lipinski definition) is 1. The van der Waals surface area contributed by atoms with Gasteiger partial charge in [-0.1, -0.05) is 24.3 Å². The molecule has 3 amide bonds. The Morgan fingerprint density at radius 3 is 2.56 bits per heavy atom. The summed E-state index contributed by atoms with van der Waals surface area (Å²) < 4.78 is 0. The average molecular weight is 391 g/mol. The molecular weight excluding hydrogens is 360 g/mol. The van der Waals surface area contributed by atoms with Gasteiger partial charge in [-0.3, -0.25) is 9.69 Å². The molecule has 0 saturated carbocycles. The SMILES string of the molecule is CCNC(=O)N1CCN(CCN2C(=O)[C@@H](C)S[C@H]2c2ccccc2C)CC1. The molecule has 27 heavy (non-hydrogen) atoms. The summed E-state index contributed by atoms with van der Waals surface area (Å²) in [4.78, 5) is 30.9. The predicted molar refractivity (Wildman–Crippen MR) is 110 cm³/mol. The van der Waals surface area contributed by atoms with Crippen molar-refractivity contribution in [3.63, 3.8) is 0 Å². The van der Waals surface area contributed by atoms with E-state index in [4.69, 9.17) is 0 Å². The lowest BCUT2D eigenvalue weighted by molar-refractivity contribution is -0.130. The molecular formula is C20H30N4O2S. The number of benzene rings is 1. The molecule has 2 heterocycles. The van der Waals surface area contributed by atoms with Crippen LogP contribution in [0.15, 0.2) is 24.3 Å². The van der Waals surface area contributed by atoms with Crippen LogP contribution in [0.1, 0.15) is 30.3 Å². The highest BCUT2D eigenvalue weighted by molar-refractivity contribution is 8.01. The van der Waals surface area contributed by atoms with E-state index in [-0.39, 0.29) is 22.6 Å². The molecule has 2 fully saturated rings. The highest BCUT2D eigenvalue weighted by Crippen LogP contribution is 2.43. The Kier molecular flexibility index (Phi) is 6.65. The lowest BCUT2D eigenvalue weighted by Gasteiger charge is -2.36. The van der Waals surface area contributed by atoms with Gasteiger partial charge >= 0.3 is 6.03 Å². The molecule has 148 valence electrons. The van der Waals surface area contributed by atoms with Gasteiger partial charge in [0, 0.05) is 45.8 Å². The van der Waals surface area contributed by atoms with Crippen molar-refractivity contribution < 1.29 is 9.59 Å². The van der Waals surface area contributed by atoms with Crippen molar-refractivity contribution in [2.75, 3.05) is 45.8 Å². The molecule has 0 aliphatic carbocycles. The normalized spacial score (nSPS) is 23.7. The predicted octanol–water partition coefficient (Wildman–Crippen LogP) is 2.30. The van der Waals surface area contributed by atoms with Gasteiger partial charge < -0.3 is 15.1 Å². The topological polar surface area (TPSA) is 55.9 Å². The van der Waals surface area contributed by atoms with E-state index in [1.165, 1.54) is 11.1 Å². The minimum Gasteiger partial charge on any atom is -0.338 e. The molecule has 2 atom stereocenters. The fraction of sp³-hybridized carbons (Fsp3) is 0.600. The van der Waals surface area contributed by atoms with Gasteiger partial charge in [-0.2, -0.15) is 0 Å². The van der Waals surface area contributed by atoms with Crippen LogP contribution >= 0.6 is 11.8 Å². The molecule has 0 bridgehead atoms. The highest BCUT2D eigenvalue weighted by atomic mass is 32.2. The molecule has 0 unspecified atom stereocenters. The van der Waals surface area contributed by atoms with Crippen LogP contribution in [0.3, 0.4) is 0 Å². The van der Waals surface area contributed by atoms with E-state index in [9.17, 15) is 9.59 Å². The average Bonchev–Trinajstić information content (AvgIpc) is 2.95. The maximum atomic E-state index is 12.7. The number of nitrogens with zero attached hydrogens (tertiary/aromatic N) is 3. The number of thioether (sulfide) groups is 1. The Morgan fingerprint density at radius 1 is 1.19 bits per heavy atom. The summed E-state index contributed by atoms with van der Waals surface area (Å²) in [7, 11) is 0. The highest BCUT2D eigenvalue weighted by Gasteiger charge is 2.39. The molecule has 1 aromatic rings. The van der Waals surface area contributed by atoms with E-state index in [0.29, 0.717) is 6.54 Å². The lowest BCUT2D eigenvalue weighted by atomic mass is 10.1. The van der Waals surface area contributed by atoms with Crippen LogP contribution in [0.5, 0.6) is 0 Å². The standard InChI is InChI=1S/C20H30N4O2S/c1-4-21-20(26)23-12-9-22(10-13-23)11-14-24-18(25)16(3)27-19(24)17-8-6-5-7-15(17)2/h5-8,16,19H,4,9-14H2,1-3H3,(H,21,26)/t16-,19+/m1/s1. The van der Waals surface area contributed by atoms with E-state index in [2.05, 4.69) is 35.3 Å². The molecule has 7 heteroatoms. The number of hydrogen-bond acceptors (Lipinski definition) is 4. The smallest absolute Gasteiger partial charge is 0.317 e. The third-order valence-corrected chi connectivity index (χ3v) is 6.72. The first-order valence-corrected chi connectivity index (χ1v) is 10.7. The van der Waals surface area contributed by atoms with E-state index >= 15 is 0 Å². The second kappa shape index (κ2) is 8.97. The van der Waals surface area contributed by atoms with Gasteiger partial charge in [0.2, 0.25) is 5.91 Å². The van der Waals surface area contributed by atoms with Crippen LogP contribution in [-0.4, -0.2) is 77.7 Å². The number of nitrogens with one attached hydrogen (secondary N) is 1. The number of carbonyl (C=O) groups excluding carboxylic acids is 2. The summed E-state index contributed by atoms with van der Waals surface area (Å²) in [6.07, 6.45) is 0. The Hall–Kier alpha value is -1.73. The first-order chi connectivity index (χ1) is 13.0. The summed E-state index contributed by atoms with van der Waals surface area (Å²) >= 11 is 1.74. The molecule has 2 saturated heterocycles. The first kappa shape index (κ1) is 20.0. The Morgan fingerprint density at radius 2 is 1.89 bits per heavy atom. The van der Waals surface area contributed by atoms with E-state index in [1.807, 2.05) is 29.7 Å². The first-order valence-electron chi connectivity index (χ1n) is 9.78. The van der Waals surface area contributed by atoms with Gasteiger partial charge in [-0.05, 0) is 31.9 Å². The molecule has 3 rings (SSSR count). The Labute approximate surface area is 166 Å². The molecule has 2 aliphatic heterocycles. The van der Waals surface area contributed by atoms with Crippen molar-refractivity contribution in [2.24, 2.45) is 0 Å². The van der Waals surface area contributed by atoms with Crippen LogP contribution in [0.4, 0.5) is 4.79 Å². The van der Waals surface area contributed by atoms with Crippen molar-refractivity contribution in [1.29, 1.82) is 0 Å². The third kappa shape index (κ3) is 4.58. The zero-order valence-corrected chi connectivity index (χ0v) is 17.3. The van der Waals surface area contributed by atoms with Gasteiger partial charge in [0.1, 0.15) is 5.37 Å². The van der Waals surface area contributed by atoms with Crippen molar-refractivity contribution in [3.05, 3.63) is 35.4 Å². The molecule has 1 aromatic carbocycles.